The van der Waals surface area contributed by atoms with Crippen LogP contribution in [0.5, 0.6) is 11.5 Å². The summed E-state index contributed by atoms with van der Waals surface area (Å²) in [5, 5.41) is 13.8. The number of hydrogen-bond acceptors (Lipinski definition) is 4. The molecule has 0 saturated heterocycles. The van der Waals surface area contributed by atoms with Gasteiger partial charge in [-0.05, 0) is 24.3 Å². The van der Waals surface area contributed by atoms with Crippen LogP contribution < -0.4 is 14.8 Å². The van der Waals surface area contributed by atoms with Gasteiger partial charge in [0.15, 0.2) is 17.1 Å². The molecule has 2 aliphatic heterocycles. The minimum Gasteiger partial charge on any atom is -0.454 e. The number of para-hydroxylation sites is 1. The van der Waals surface area contributed by atoms with Crippen molar-refractivity contribution in [1.29, 1.82) is 0 Å². The average Bonchev–Trinajstić information content (AvgIpc) is 3.04. The number of halogens is 1. The van der Waals surface area contributed by atoms with Crippen LogP contribution in [0.4, 0.5) is 5.69 Å². The molecular formula is C15H10BrNO4. The van der Waals surface area contributed by atoms with Crippen molar-refractivity contribution >= 4 is 27.5 Å². The maximum Gasteiger partial charge on any atom is 0.266 e. The second-order valence-corrected chi connectivity index (χ2v) is 5.81. The van der Waals surface area contributed by atoms with E-state index >= 15 is 0 Å². The van der Waals surface area contributed by atoms with Gasteiger partial charge >= 0.3 is 0 Å². The number of aliphatic hydroxyl groups is 1. The molecule has 0 radical (unpaired) electrons. The molecule has 0 spiro atoms. The topological polar surface area (TPSA) is 67.8 Å². The summed E-state index contributed by atoms with van der Waals surface area (Å²) in [5.41, 5.74) is -0.335. The maximum absolute atomic E-state index is 12.4. The highest BCUT2D eigenvalue weighted by Crippen LogP contribution is 2.48. The average molecular weight is 348 g/mol. The highest BCUT2D eigenvalue weighted by atomic mass is 79.9. The van der Waals surface area contributed by atoms with Crippen LogP contribution in [0.25, 0.3) is 0 Å². The van der Waals surface area contributed by atoms with Gasteiger partial charge in [-0.2, -0.15) is 0 Å². The van der Waals surface area contributed by atoms with Gasteiger partial charge in [0.05, 0.1) is 0 Å². The molecular weight excluding hydrogens is 338 g/mol. The smallest absolute Gasteiger partial charge is 0.266 e. The Morgan fingerprint density at radius 3 is 2.90 bits per heavy atom. The van der Waals surface area contributed by atoms with E-state index < -0.39 is 11.5 Å². The second kappa shape index (κ2) is 4.22. The quantitative estimate of drug-likeness (QED) is 0.830. The fraction of sp³-hybridized carbons (Fsp3) is 0.133. The van der Waals surface area contributed by atoms with E-state index in [4.69, 9.17) is 9.47 Å². The highest BCUT2D eigenvalue weighted by molar-refractivity contribution is 9.10. The van der Waals surface area contributed by atoms with Crippen LogP contribution in [0, 0.1) is 0 Å². The summed E-state index contributed by atoms with van der Waals surface area (Å²) >= 11 is 3.37. The van der Waals surface area contributed by atoms with Crippen LogP contribution in [-0.2, 0) is 10.4 Å². The fourth-order valence-corrected chi connectivity index (χ4v) is 3.10. The number of benzene rings is 2. The number of anilines is 1. The number of carbonyl (C=O) groups is 1. The molecule has 2 heterocycles. The van der Waals surface area contributed by atoms with Gasteiger partial charge in [0.1, 0.15) is 0 Å². The Labute approximate surface area is 128 Å². The predicted molar refractivity (Wildman–Crippen MR) is 78.3 cm³/mol. The van der Waals surface area contributed by atoms with Crippen molar-refractivity contribution in [3.8, 4) is 11.5 Å². The second-order valence-electron chi connectivity index (χ2n) is 4.89. The van der Waals surface area contributed by atoms with Crippen molar-refractivity contribution in [2.75, 3.05) is 12.1 Å². The van der Waals surface area contributed by atoms with Gasteiger partial charge in [0.25, 0.3) is 5.91 Å². The first-order valence-electron chi connectivity index (χ1n) is 6.33. The SMILES string of the molecule is O=C1Nc2ccc(Br)cc2C1(O)c1cccc2c1OCO2. The molecule has 1 unspecified atom stereocenters. The molecule has 6 heteroatoms. The summed E-state index contributed by atoms with van der Waals surface area (Å²) in [7, 11) is 0. The Balaban J connectivity index is 1.98. The van der Waals surface area contributed by atoms with E-state index in [9.17, 15) is 9.90 Å². The van der Waals surface area contributed by atoms with Crippen LogP contribution in [0.15, 0.2) is 40.9 Å². The van der Waals surface area contributed by atoms with E-state index in [1.54, 1.807) is 36.4 Å². The molecule has 0 saturated carbocycles. The normalized spacial score (nSPS) is 22.1. The zero-order chi connectivity index (χ0) is 14.6. The lowest BCUT2D eigenvalue weighted by molar-refractivity contribution is -0.129. The molecule has 2 N–H and O–H groups in total. The molecule has 0 aromatic heterocycles. The van der Waals surface area contributed by atoms with E-state index in [0.29, 0.717) is 28.3 Å². The zero-order valence-corrected chi connectivity index (χ0v) is 12.3. The monoisotopic (exact) mass is 347 g/mol. The van der Waals surface area contributed by atoms with Crippen molar-refractivity contribution in [3.63, 3.8) is 0 Å². The lowest BCUT2D eigenvalue weighted by Crippen LogP contribution is -2.35. The number of rotatable bonds is 1. The minimum absolute atomic E-state index is 0.0788. The summed E-state index contributed by atoms with van der Waals surface area (Å²) < 4.78 is 11.5. The van der Waals surface area contributed by atoms with Gasteiger partial charge in [-0.1, -0.05) is 28.1 Å². The number of hydrogen-bond donors (Lipinski definition) is 2. The molecule has 21 heavy (non-hydrogen) atoms. The van der Waals surface area contributed by atoms with E-state index in [1.165, 1.54) is 0 Å². The fourth-order valence-electron chi connectivity index (χ4n) is 2.74. The Hall–Kier alpha value is -2.05. The van der Waals surface area contributed by atoms with Crippen LogP contribution >= 0.6 is 15.9 Å². The summed E-state index contributed by atoms with van der Waals surface area (Å²) in [6, 6.07) is 10.4. The van der Waals surface area contributed by atoms with Gasteiger partial charge < -0.3 is 19.9 Å². The van der Waals surface area contributed by atoms with E-state index in [1.807, 2.05) is 0 Å². The highest BCUT2D eigenvalue weighted by Gasteiger charge is 2.49. The molecule has 5 nitrogen and oxygen atoms in total. The van der Waals surface area contributed by atoms with Crippen LogP contribution in [0.2, 0.25) is 0 Å². The van der Waals surface area contributed by atoms with Crippen LogP contribution in [-0.4, -0.2) is 17.8 Å². The largest absolute Gasteiger partial charge is 0.454 e. The molecule has 4 rings (SSSR count). The summed E-state index contributed by atoms with van der Waals surface area (Å²) in [6.07, 6.45) is 0. The Morgan fingerprint density at radius 2 is 2.05 bits per heavy atom. The molecule has 2 aromatic carbocycles. The number of amides is 1. The minimum atomic E-state index is -1.79. The third-order valence-electron chi connectivity index (χ3n) is 3.73. The first kappa shape index (κ1) is 12.7. The van der Waals surface area contributed by atoms with Crippen LogP contribution in [0.1, 0.15) is 11.1 Å². The van der Waals surface area contributed by atoms with Crippen molar-refractivity contribution in [2.45, 2.75) is 5.60 Å². The molecule has 1 amide bonds. The molecule has 106 valence electrons. The summed E-state index contributed by atoms with van der Waals surface area (Å²) in [5.74, 6) is 0.430. The molecule has 0 bridgehead atoms. The van der Waals surface area contributed by atoms with Crippen molar-refractivity contribution in [1.82, 2.24) is 0 Å². The number of nitrogens with one attached hydrogen (secondary N) is 1. The molecule has 1 atom stereocenters. The summed E-state index contributed by atoms with van der Waals surface area (Å²) in [4.78, 5) is 12.4. The van der Waals surface area contributed by atoms with Crippen molar-refractivity contribution in [2.24, 2.45) is 0 Å². The van der Waals surface area contributed by atoms with Gasteiger partial charge in [-0.25, -0.2) is 0 Å². The lowest BCUT2D eigenvalue weighted by Gasteiger charge is -2.22. The number of fused-ring (bicyclic) bond motifs is 2. The number of carbonyl (C=O) groups excluding carboxylic acids is 1. The predicted octanol–water partition coefficient (Wildman–Crippen LogP) is 2.37. The third-order valence-corrected chi connectivity index (χ3v) is 4.23. The lowest BCUT2D eigenvalue weighted by atomic mass is 9.87. The molecule has 0 aliphatic carbocycles. The van der Waals surface area contributed by atoms with E-state index in [0.717, 1.165) is 4.47 Å². The first-order valence-corrected chi connectivity index (χ1v) is 7.13. The Bertz CT molecular complexity index is 776. The first-order chi connectivity index (χ1) is 10.1. The number of ether oxygens (including phenoxy) is 2. The van der Waals surface area contributed by atoms with Crippen molar-refractivity contribution in [3.05, 3.63) is 52.0 Å². The van der Waals surface area contributed by atoms with E-state index in [-0.39, 0.29) is 6.79 Å². The third kappa shape index (κ3) is 1.63. The molecule has 0 fully saturated rings. The van der Waals surface area contributed by atoms with Gasteiger partial charge in [-0.15, -0.1) is 0 Å². The Morgan fingerprint density at radius 1 is 1.19 bits per heavy atom. The van der Waals surface area contributed by atoms with E-state index in [2.05, 4.69) is 21.2 Å². The standard InChI is InChI=1S/C15H10BrNO4/c16-8-4-5-11-10(6-8)15(19,14(18)17-11)9-2-1-3-12-13(9)21-7-20-12/h1-6,19H,7H2,(H,17,18). The zero-order valence-electron chi connectivity index (χ0n) is 10.7. The molecule has 2 aromatic rings. The maximum atomic E-state index is 12.4. The summed E-state index contributed by atoms with van der Waals surface area (Å²) in [6.45, 7) is 0.0788. The van der Waals surface area contributed by atoms with Crippen LogP contribution in [0.3, 0.4) is 0 Å². The Kier molecular flexibility index (Phi) is 2.55. The molecule has 2 aliphatic rings. The van der Waals surface area contributed by atoms with Gasteiger partial charge in [0, 0.05) is 21.3 Å². The van der Waals surface area contributed by atoms with Crippen molar-refractivity contribution < 1.29 is 19.4 Å². The van der Waals surface area contributed by atoms with Gasteiger partial charge in [-0.3, -0.25) is 4.79 Å². The van der Waals surface area contributed by atoms with Gasteiger partial charge in [0.2, 0.25) is 6.79 Å².